The minimum absolute atomic E-state index is 0.0591. The Hall–Kier alpha value is -2.08. The van der Waals surface area contributed by atoms with Crippen molar-refractivity contribution in [2.45, 2.75) is 43.7 Å². The first kappa shape index (κ1) is 21.2. The van der Waals surface area contributed by atoms with E-state index in [0.29, 0.717) is 18.0 Å². The molecule has 2 N–H and O–H groups in total. The lowest BCUT2D eigenvalue weighted by Gasteiger charge is -2.52. The fourth-order valence-corrected chi connectivity index (χ4v) is 5.29. The monoisotopic (exact) mass is 428 g/mol. The van der Waals surface area contributed by atoms with Crippen LogP contribution in [0.4, 0.5) is 5.69 Å². The first-order valence-electron chi connectivity index (χ1n) is 10.6. The summed E-state index contributed by atoms with van der Waals surface area (Å²) in [7, 11) is 1.67. The van der Waals surface area contributed by atoms with Gasteiger partial charge in [0.2, 0.25) is 5.91 Å². The van der Waals surface area contributed by atoms with Crippen molar-refractivity contribution < 1.29 is 14.6 Å². The zero-order chi connectivity index (χ0) is 21.1. The van der Waals surface area contributed by atoms with Gasteiger partial charge in [-0.05, 0) is 49.6 Å². The van der Waals surface area contributed by atoms with Crippen LogP contribution in [-0.4, -0.2) is 41.7 Å². The van der Waals surface area contributed by atoms with Gasteiger partial charge >= 0.3 is 0 Å². The molecule has 0 aromatic heterocycles. The summed E-state index contributed by atoms with van der Waals surface area (Å²) in [6.07, 6.45) is 4.63. The molecule has 0 spiro atoms. The van der Waals surface area contributed by atoms with E-state index in [0.717, 1.165) is 42.7 Å². The molecule has 6 heteroatoms. The number of carbonyl (C=O) groups is 1. The number of aliphatic hydroxyl groups is 1. The van der Waals surface area contributed by atoms with Crippen molar-refractivity contribution in [2.24, 2.45) is 5.92 Å². The second-order valence-electron chi connectivity index (χ2n) is 8.42. The Morgan fingerprint density at radius 3 is 2.73 bits per heavy atom. The maximum Gasteiger partial charge on any atom is 0.238 e. The normalized spacial score (nSPS) is 26.6. The molecule has 2 aromatic carbocycles. The number of ether oxygens (including phenoxy) is 1. The third-order valence-electron chi connectivity index (χ3n) is 6.60. The molecule has 0 bridgehead atoms. The van der Waals surface area contributed by atoms with Crippen molar-refractivity contribution in [3.63, 3.8) is 0 Å². The number of likely N-dealkylation sites (tertiary alicyclic amines) is 1. The highest BCUT2D eigenvalue weighted by molar-refractivity contribution is 6.30. The molecule has 1 saturated heterocycles. The highest BCUT2D eigenvalue weighted by Crippen LogP contribution is 2.50. The van der Waals surface area contributed by atoms with Crippen LogP contribution >= 0.6 is 11.6 Å². The van der Waals surface area contributed by atoms with Crippen LogP contribution < -0.4 is 10.1 Å². The first-order valence-corrected chi connectivity index (χ1v) is 11.0. The Kier molecular flexibility index (Phi) is 6.32. The van der Waals surface area contributed by atoms with Gasteiger partial charge in [0.05, 0.1) is 19.3 Å². The largest absolute Gasteiger partial charge is 0.496 e. The van der Waals surface area contributed by atoms with E-state index in [1.165, 1.54) is 0 Å². The predicted molar refractivity (Wildman–Crippen MR) is 119 cm³/mol. The summed E-state index contributed by atoms with van der Waals surface area (Å²) in [4.78, 5) is 15.1. The van der Waals surface area contributed by atoms with E-state index < -0.39 is 5.60 Å². The molecule has 1 aliphatic carbocycles. The van der Waals surface area contributed by atoms with Gasteiger partial charge < -0.3 is 15.2 Å². The third-order valence-corrected chi connectivity index (χ3v) is 6.86. The van der Waals surface area contributed by atoms with Crippen molar-refractivity contribution in [3.05, 3.63) is 59.1 Å². The number of nitrogens with zero attached hydrogens (tertiary/aromatic N) is 1. The van der Waals surface area contributed by atoms with E-state index in [2.05, 4.69) is 16.3 Å². The maximum absolute atomic E-state index is 12.9. The molecule has 3 atom stereocenters. The van der Waals surface area contributed by atoms with Crippen LogP contribution in [0.5, 0.6) is 5.75 Å². The van der Waals surface area contributed by atoms with E-state index in [1.54, 1.807) is 31.4 Å². The van der Waals surface area contributed by atoms with Gasteiger partial charge in [-0.3, -0.25) is 9.69 Å². The quantitative estimate of drug-likeness (QED) is 0.727. The molecular formula is C24H29ClN2O3. The molecule has 0 radical (unpaired) electrons. The number of benzene rings is 2. The Bertz CT molecular complexity index is 888. The summed E-state index contributed by atoms with van der Waals surface area (Å²) in [6.45, 7) is 0.932. The molecule has 2 fully saturated rings. The molecule has 160 valence electrons. The summed E-state index contributed by atoms with van der Waals surface area (Å²) in [5.41, 5.74) is 1.10. The molecule has 1 heterocycles. The fourth-order valence-electron chi connectivity index (χ4n) is 5.16. The zero-order valence-electron chi connectivity index (χ0n) is 17.3. The van der Waals surface area contributed by atoms with Crippen LogP contribution in [0.25, 0.3) is 0 Å². The molecule has 30 heavy (non-hydrogen) atoms. The van der Waals surface area contributed by atoms with Crippen molar-refractivity contribution in [3.8, 4) is 5.75 Å². The number of rotatable bonds is 5. The lowest BCUT2D eigenvalue weighted by Crippen LogP contribution is -2.56. The number of methoxy groups -OCH3 is 1. The summed E-state index contributed by atoms with van der Waals surface area (Å²) >= 11 is 5.94. The molecule has 2 aliphatic rings. The molecular weight excluding hydrogens is 400 g/mol. The average molecular weight is 429 g/mol. The van der Waals surface area contributed by atoms with Gasteiger partial charge in [0.25, 0.3) is 0 Å². The number of piperidine rings is 1. The Labute approximate surface area is 183 Å². The second-order valence-corrected chi connectivity index (χ2v) is 8.85. The molecule has 1 amide bonds. The maximum atomic E-state index is 12.9. The number of hydrogen-bond donors (Lipinski definition) is 2. The number of para-hydroxylation sites is 1. The number of hydrogen-bond acceptors (Lipinski definition) is 4. The molecule has 1 saturated carbocycles. The van der Waals surface area contributed by atoms with E-state index in [1.807, 2.05) is 18.2 Å². The van der Waals surface area contributed by atoms with Crippen LogP contribution in [0.15, 0.2) is 48.5 Å². The smallest absolute Gasteiger partial charge is 0.238 e. The Morgan fingerprint density at radius 2 is 1.97 bits per heavy atom. The van der Waals surface area contributed by atoms with Crippen LogP contribution in [0.2, 0.25) is 5.02 Å². The van der Waals surface area contributed by atoms with Gasteiger partial charge in [-0.2, -0.15) is 0 Å². The van der Waals surface area contributed by atoms with Crippen LogP contribution in [0.3, 0.4) is 0 Å². The SMILES string of the molecule is COc1ccccc1C1C2CCCCC2(O)CCN1CC(=O)Nc1ccc(Cl)cc1. The van der Waals surface area contributed by atoms with Gasteiger partial charge in [0.1, 0.15) is 5.75 Å². The zero-order valence-corrected chi connectivity index (χ0v) is 18.1. The second kappa shape index (κ2) is 8.96. The van der Waals surface area contributed by atoms with Gasteiger partial charge in [-0.1, -0.05) is 42.6 Å². The predicted octanol–water partition coefficient (Wildman–Crippen LogP) is 4.66. The van der Waals surface area contributed by atoms with E-state index in [-0.39, 0.29) is 24.4 Å². The highest BCUT2D eigenvalue weighted by atomic mass is 35.5. The number of anilines is 1. The standard InChI is InChI=1S/C24H29ClN2O3/c1-30-21-8-3-2-6-19(21)23-20-7-4-5-13-24(20,29)14-15-27(23)16-22(28)26-18-11-9-17(25)10-12-18/h2-3,6,8-12,20,23,29H,4-5,7,13-16H2,1H3,(H,26,28). The highest BCUT2D eigenvalue weighted by Gasteiger charge is 2.49. The fraction of sp³-hybridized carbons (Fsp3) is 0.458. The summed E-state index contributed by atoms with van der Waals surface area (Å²) < 4.78 is 5.65. The van der Waals surface area contributed by atoms with Crippen molar-refractivity contribution in [1.82, 2.24) is 4.90 Å². The lowest BCUT2D eigenvalue weighted by molar-refractivity contribution is -0.135. The number of amides is 1. The average Bonchev–Trinajstić information content (AvgIpc) is 2.75. The lowest BCUT2D eigenvalue weighted by atomic mass is 9.66. The number of halogens is 1. The van der Waals surface area contributed by atoms with Gasteiger partial charge in [-0.25, -0.2) is 0 Å². The minimum Gasteiger partial charge on any atom is -0.496 e. The van der Waals surface area contributed by atoms with Crippen LogP contribution in [0.1, 0.15) is 43.7 Å². The Morgan fingerprint density at radius 1 is 1.20 bits per heavy atom. The topological polar surface area (TPSA) is 61.8 Å². The van der Waals surface area contributed by atoms with E-state index in [9.17, 15) is 9.90 Å². The molecule has 2 aromatic rings. The van der Waals surface area contributed by atoms with Gasteiger partial charge in [0, 0.05) is 34.8 Å². The van der Waals surface area contributed by atoms with Crippen molar-refractivity contribution in [2.75, 3.05) is 25.5 Å². The van der Waals surface area contributed by atoms with Gasteiger partial charge in [0.15, 0.2) is 0 Å². The van der Waals surface area contributed by atoms with Crippen LogP contribution in [0, 0.1) is 5.92 Å². The van der Waals surface area contributed by atoms with Crippen molar-refractivity contribution >= 4 is 23.2 Å². The molecule has 5 nitrogen and oxygen atoms in total. The molecule has 3 unspecified atom stereocenters. The summed E-state index contributed by atoms with van der Waals surface area (Å²) in [6, 6.07) is 15.0. The Balaban J connectivity index is 1.60. The van der Waals surface area contributed by atoms with Gasteiger partial charge in [-0.15, -0.1) is 0 Å². The van der Waals surface area contributed by atoms with Crippen LogP contribution in [-0.2, 0) is 4.79 Å². The van der Waals surface area contributed by atoms with Crippen molar-refractivity contribution in [1.29, 1.82) is 0 Å². The number of nitrogens with one attached hydrogen (secondary N) is 1. The van der Waals surface area contributed by atoms with E-state index >= 15 is 0 Å². The van der Waals surface area contributed by atoms with E-state index in [4.69, 9.17) is 16.3 Å². The molecule has 4 rings (SSSR count). The third kappa shape index (κ3) is 4.34. The first-order chi connectivity index (χ1) is 14.5. The number of carbonyl (C=O) groups excluding carboxylic acids is 1. The summed E-state index contributed by atoms with van der Waals surface area (Å²) in [5.74, 6) is 0.818. The molecule has 1 aliphatic heterocycles. The minimum atomic E-state index is -0.674. The number of fused-ring (bicyclic) bond motifs is 1. The summed E-state index contributed by atoms with van der Waals surface area (Å²) in [5, 5.41) is 15.0.